The molecule has 1 aliphatic heterocycles. The van der Waals surface area contributed by atoms with E-state index in [1.54, 1.807) is 18.2 Å². The molecule has 0 spiro atoms. The van der Waals surface area contributed by atoms with E-state index < -0.39 is 11.8 Å². The first-order chi connectivity index (χ1) is 11.4. The van der Waals surface area contributed by atoms with Crippen LogP contribution in [0, 0.1) is 5.92 Å². The largest absolute Gasteiger partial charge is 0.493 e. The molecule has 1 aromatic rings. The molecular weight excluding hydrogens is 338 g/mol. The van der Waals surface area contributed by atoms with Crippen molar-refractivity contribution in [1.82, 2.24) is 10.6 Å². The first-order valence-electron chi connectivity index (χ1n) is 8.30. The Morgan fingerprint density at radius 2 is 2.00 bits per heavy atom. The van der Waals surface area contributed by atoms with Crippen LogP contribution in [0.2, 0.25) is 5.02 Å². The molecule has 4 atom stereocenters. The maximum Gasteiger partial charge on any atom is 0.315 e. The normalized spacial score (nSPS) is 33.4. The van der Waals surface area contributed by atoms with Crippen molar-refractivity contribution < 1.29 is 18.3 Å². The van der Waals surface area contributed by atoms with Gasteiger partial charge in [-0.15, -0.1) is 0 Å². The van der Waals surface area contributed by atoms with Crippen molar-refractivity contribution in [3.05, 3.63) is 28.8 Å². The zero-order valence-corrected chi connectivity index (χ0v) is 13.8. The molecule has 2 aliphatic carbocycles. The van der Waals surface area contributed by atoms with Gasteiger partial charge in [-0.25, -0.2) is 13.6 Å². The van der Waals surface area contributed by atoms with Crippen LogP contribution in [-0.2, 0) is 0 Å². The summed E-state index contributed by atoms with van der Waals surface area (Å²) in [7, 11) is 0. The van der Waals surface area contributed by atoms with Crippen LogP contribution >= 0.6 is 11.6 Å². The van der Waals surface area contributed by atoms with Crippen molar-refractivity contribution >= 4 is 17.6 Å². The molecule has 2 saturated carbocycles. The van der Waals surface area contributed by atoms with Crippen molar-refractivity contribution in [2.45, 2.75) is 49.6 Å². The fraction of sp³-hybridized carbons (Fsp3) is 0.588. The average molecular weight is 357 g/mol. The van der Waals surface area contributed by atoms with Gasteiger partial charge in [0.05, 0.1) is 24.6 Å². The predicted octanol–water partition coefficient (Wildman–Crippen LogP) is 3.69. The summed E-state index contributed by atoms with van der Waals surface area (Å²) in [5.74, 6) is -2.55. The molecule has 4 nitrogen and oxygen atoms in total. The van der Waals surface area contributed by atoms with E-state index in [1.807, 2.05) is 0 Å². The number of nitrogens with one attached hydrogen (secondary N) is 2. The van der Waals surface area contributed by atoms with E-state index in [1.165, 1.54) is 0 Å². The highest BCUT2D eigenvalue weighted by atomic mass is 35.5. The quantitative estimate of drug-likeness (QED) is 0.864. The molecule has 4 unspecified atom stereocenters. The third-order valence-corrected chi connectivity index (χ3v) is 5.63. The van der Waals surface area contributed by atoms with E-state index in [0.29, 0.717) is 10.8 Å². The van der Waals surface area contributed by atoms with E-state index in [9.17, 15) is 13.6 Å². The summed E-state index contributed by atoms with van der Waals surface area (Å²) >= 11 is 6.39. The van der Waals surface area contributed by atoms with Gasteiger partial charge in [-0.1, -0.05) is 17.7 Å². The summed E-state index contributed by atoms with van der Waals surface area (Å²) in [5.41, 5.74) is 0.878. The highest BCUT2D eigenvalue weighted by Gasteiger charge is 2.57. The van der Waals surface area contributed by atoms with Gasteiger partial charge in [0.1, 0.15) is 5.75 Å². The summed E-state index contributed by atoms with van der Waals surface area (Å²) in [6.07, 6.45) is 2.40. The Morgan fingerprint density at radius 3 is 2.75 bits per heavy atom. The molecule has 130 valence electrons. The van der Waals surface area contributed by atoms with Crippen LogP contribution < -0.4 is 15.4 Å². The number of alkyl halides is 2. The maximum absolute atomic E-state index is 13.1. The molecule has 7 heteroatoms. The van der Waals surface area contributed by atoms with Crippen LogP contribution in [0.15, 0.2) is 18.2 Å². The zero-order chi connectivity index (χ0) is 16.9. The lowest BCUT2D eigenvalue weighted by Crippen LogP contribution is -2.39. The number of ether oxygens (including phenoxy) is 1. The van der Waals surface area contributed by atoms with Gasteiger partial charge in [-0.2, -0.15) is 0 Å². The number of hydrogen-bond acceptors (Lipinski definition) is 2. The van der Waals surface area contributed by atoms with Gasteiger partial charge in [-0.05, 0) is 37.3 Å². The van der Waals surface area contributed by atoms with E-state index in [0.717, 1.165) is 24.8 Å². The Kier molecular flexibility index (Phi) is 3.82. The average Bonchev–Trinajstić information content (AvgIpc) is 2.96. The van der Waals surface area contributed by atoms with E-state index in [2.05, 4.69) is 10.6 Å². The van der Waals surface area contributed by atoms with Crippen LogP contribution in [0.1, 0.15) is 37.2 Å². The second kappa shape index (κ2) is 5.76. The van der Waals surface area contributed by atoms with Crippen LogP contribution in [0.25, 0.3) is 0 Å². The molecule has 24 heavy (non-hydrogen) atoms. The molecule has 4 rings (SSSR count). The van der Waals surface area contributed by atoms with Gasteiger partial charge in [0.25, 0.3) is 5.92 Å². The summed E-state index contributed by atoms with van der Waals surface area (Å²) < 4.78 is 31.8. The highest BCUT2D eigenvalue weighted by Crippen LogP contribution is 2.49. The number of carbonyl (C=O) groups is 1. The number of carbonyl (C=O) groups excluding carboxylic acids is 1. The molecule has 1 aromatic carbocycles. The van der Waals surface area contributed by atoms with E-state index >= 15 is 0 Å². The molecule has 2 amide bonds. The third kappa shape index (κ3) is 2.92. The number of amides is 2. The van der Waals surface area contributed by atoms with Gasteiger partial charge in [0, 0.05) is 17.0 Å². The number of fused-ring (bicyclic) bond motifs is 1. The van der Waals surface area contributed by atoms with Gasteiger partial charge >= 0.3 is 6.03 Å². The number of hydrogen-bond donors (Lipinski definition) is 2. The minimum Gasteiger partial charge on any atom is -0.493 e. The molecule has 0 aromatic heterocycles. The summed E-state index contributed by atoms with van der Waals surface area (Å²) in [4.78, 5) is 11.5. The Labute approximate surface area is 143 Å². The topological polar surface area (TPSA) is 50.4 Å². The lowest BCUT2D eigenvalue weighted by molar-refractivity contribution is 0.0853. The standard InChI is InChI=1S/C17H19ClF2N2O2/c18-11-2-1-3-14(24-8-10-7-17(10,19)20)15(11)9-4-5-12-13(6-9)22-16(23)21-12/h1-3,9-10,12-13H,4-8H2,(H2,21,22,23). The zero-order valence-electron chi connectivity index (χ0n) is 13.0. The van der Waals surface area contributed by atoms with Gasteiger partial charge in [0.2, 0.25) is 0 Å². The molecule has 0 bridgehead atoms. The van der Waals surface area contributed by atoms with Crippen molar-refractivity contribution in [2.75, 3.05) is 6.61 Å². The second-order valence-electron chi connectivity index (χ2n) is 6.97. The monoisotopic (exact) mass is 356 g/mol. The molecule has 0 radical (unpaired) electrons. The molecular formula is C17H19ClF2N2O2. The van der Waals surface area contributed by atoms with Gasteiger partial charge in [-0.3, -0.25) is 0 Å². The number of rotatable bonds is 4. The summed E-state index contributed by atoms with van der Waals surface area (Å²) in [5, 5.41) is 6.44. The summed E-state index contributed by atoms with van der Waals surface area (Å²) in [6, 6.07) is 5.47. The van der Waals surface area contributed by atoms with E-state index in [-0.39, 0.29) is 37.1 Å². The highest BCUT2D eigenvalue weighted by molar-refractivity contribution is 6.31. The van der Waals surface area contributed by atoms with Crippen molar-refractivity contribution in [1.29, 1.82) is 0 Å². The minimum atomic E-state index is -2.59. The Balaban J connectivity index is 1.50. The fourth-order valence-electron chi connectivity index (χ4n) is 3.82. The first-order valence-corrected chi connectivity index (χ1v) is 8.68. The molecule has 1 saturated heterocycles. The molecule has 3 fully saturated rings. The van der Waals surface area contributed by atoms with Crippen LogP contribution in [0.5, 0.6) is 5.75 Å². The molecule has 1 heterocycles. The summed E-state index contributed by atoms with van der Waals surface area (Å²) in [6.45, 7) is 0.0113. The Morgan fingerprint density at radius 1 is 1.25 bits per heavy atom. The lowest BCUT2D eigenvalue weighted by atomic mass is 9.79. The Hall–Kier alpha value is -1.56. The fourth-order valence-corrected chi connectivity index (χ4v) is 4.14. The molecule has 2 N–H and O–H groups in total. The SMILES string of the molecule is O=C1NC2CCC(c3c(Cl)cccc3OCC3CC3(F)F)CC2N1. The van der Waals surface area contributed by atoms with Crippen LogP contribution in [0.4, 0.5) is 13.6 Å². The third-order valence-electron chi connectivity index (χ3n) is 5.30. The number of halogens is 3. The predicted molar refractivity (Wildman–Crippen MR) is 85.8 cm³/mol. The smallest absolute Gasteiger partial charge is 0.315 e. The first kappa shape index (κ1) is 15.9. The van der Waals surface area contributed by atoms with Crippen molar-refractivity contribution in [3.63, 3.8) is 0 Å². The minimum absolute atomic E-state index is 0.0113. The number of urea groups is 1. The van der Waals surface area contributed by atoms with Gasteiger partial charge < -0.3 is 15.4 Å². The maximum atomic E-state index is 13.1. The van der Waals surface area contributed by atoms with E-state index in [4.69, 9.17) is 16.3 Å². The van der Waals surface area contributed by atoms with Crippen molar-refractivity contribution in [3.8, 4) is 5.75 Å². The van der Waals surface area contributed by atoms with Crippen molar-refractivity contribution in [2.24, 2.45) is 5.92 Å². The Bertz CT molecular complexity index is 670. The van der Waals surface area contributed by atoms with Crippen LogP contribution in [0.3, 0.4) is 0 Å². The number of benzene rings is 1. The van der Waals surface area contributed by atoms with Crippen LogP contribution in [-0.4, -0.2) is 30.6 Å². The lowest BCUT2D eigenvalue weighted by Gasteiger charge is -2.32. The molecule has 3 aliphatic rings. The second-order valence-corrected chi connectivity index (χ2v) is 7.37. The van der Waals surface area contributed by atoms with Gasteiger partial charge in [0.15, 0.2) is 0 Å².